The van der Waals surface area contributed by atoms with E-state index < -0.39 is 24.5 Å². The molecule has 0 aliphatic carbocycles. The molecule has 1 aromatic heterocycles. The number of esters is 1. The SMILES string of the molecule is COC(=O)[C@H](CO)NC(=O)Cc1coc2cc(OCc3ccc(Cl)cc3Cl)ccc12. The Morgan fingerprint density at radius 1 is 1.17 bits per heavy atom. The summed E-state index contributed by atoms with van der Waals surface area (Å²) in [6.45, 7) is -0.295. The van der Waals surface area contributed by atoms with E-state index in [9.17, 15) is 14.7 Å². The summed E-state index contributed by atoms with van der Waals surface area (Å²) < 4.78 is 15.8. The van der Waals surface area contributed by atoms with Crippen LogP contribution in [0.1, 0.15) is 11.1 Å². The molecule has 7 nitrogen and oxygen atoms in total. The van der Waals surface area contributed by atoms with E-state index in [1.54, 1.807) is 36.4 Å². The van der Waals surface area contributed by atoms with E-state index in [-0.39, 0.29) is 13.0 Å². The molecule has 3 aromatic rings. The van der Waals surface area contributed by atoms with E-state index in [1.807, 2.05) is 0 Å². The summed E-state index contributed by atoms with van der Waals surface area (Å²) in [4.78, 5) is 23.7. The summed E-state index contributed by atoms with van der Waals surface area (Å²) in [7, 11) is 1.18. The zero-order chi connectivity index (χ0) is 21.7. The van der Waals surface area contributed by atoms with Gasteiger partial charge in [0.05, 0.1) is 26.4 Å². The predicted octanol–water partition coefficient (Wildman–Crippen LogP) is 3.51. The third kappa shape index (κ3) is 5.24. The van der Waals surface area contributed by atoms with Crippen molar-refractivity contribution in [3.05, 3.63) is 63.8 Å². The average molecular weight is 452 g/mol. The molecule has 1 amide bonds. The normalized spacial score (nSPS) is 11.9. The van der Waals surface area contributed by atoms with Gasteiger partial charge in [-0.25, -0.2) is 4.79 Å². The number of furan rings is 1. The van der Waals surface area contributed by atoms with Gasteiger partial charge in [-0.3, -0.25) is 4.79 Å². The Balaban J connectivity index is 1.66. The monoisotopic (exact) mass is 451 g/mol. The van der Waals surface area contributed by atoms with Crippen molar-refractivity contribution in [2.75, 3.05) is 13.7 Å². The number of ether oxygens (including phenoxy) is 2. The van der Waals surface area contributed by atoms with Crippen molar-refractivity contribution in [1.29, 1.82) is 0 Å². The van der Waals surface area contributed by atoms with Crippen LogP contribution in [-0.4, -0.2) is 36.7 Å². The lowest BCUT2D eigenvalue weighted by Crippen LogP contribution is -2.44. The van der Waals surface area contributed by atoms with E-state index in [2.05, 4.69) is 10.1 Å². The summed E-state index contributed by atoms with van der Waals surface area (Å²) >= 11 is 12.0. The maximum Gasteiger partial charge on any atom is 0.330 e. The molecule has 2 aromatic carbocycles. The van der Waals surface area contributed by atoms with E-state index >= 15 is 0 Å². The molecule has 3 rings (SSSR count). The quantitative estimate of drug-likeness (QED) is 0.508. The number of nitrogens with one attached hydrogen (secondary N) is 1. The molecule has 0 aliphatic heterocycles. The lowest BCUT2D eigenvalue weighted by molar-refractivity contribution is -0.146. The Labute approximate surface area is 182 Å². The van der Waals surface area contributed by atoms with Gasteiger partial charge in [0.1, 0.15) is 17.9 Å². The zero-order valence-electron chi connectivity index (χ0n) is 16.0. The third-order valence-electron chi connectivity index (χ3n) is 4.39. The molecule has 0 bridgehead atoms. The van der Waals surface area contributed by atoms with Crippen LogP contribution >= 0.6 is 23.2 Å². The van der Waals surface area contributed by atoms with Crippen molar-refractivity contribution in [3.63, 3.8) is 0 Å². The van der Waals surface area contributed by atoms with Gasteiger partial charge < -0.3 is 24.3 Å². The highest BCUT2D eigenvalue weighted by Crippen LogP contribution is 2.28. The molecule has 0 saturated heterocycles. The molecule has 30 heavy (non-hydrogen) atoms. The second kappa shape index (κ2) is 9.84. The Bertz CT molecular complexity index is 1060. The fourth-order valence-electron chi connectivity index (χ4n) is 2.83. The van der Waals surface area contributed by atoms with Gasteiger partial charge in [-0.15, -0.1) is 0 Å². The average Bonchev–Trinajstić information content (AvgIpc) is 3.12. The number of rotatable bonds is 8. The van der Waals surface area contributed by atoms with Gasteiger partial charge >= 0.3 is 5.97 Å². The fourth-order valence-corrected chi connectivity index (χ4v) is 3.29. The lowest BCUT2D eigenvalue weighted by Gasteiger charge is -2.13. The first kappa shape index (κ1) is 22.0. The first-order valence-corrected chi connectivity index (χ1v) is 9.71. The number of hydrogen-bond donors (Lipinski definition) is 2. The number of aliphatic hydroxyl groups is 1. The van der Waals surface area contributed by atoms with Crippen molar-refractivity contribution < 1.29 is 28.6 Å². The van der Waals surface area contributed by atoms with Gasteiger partial charge in [0.2, 0.25) is 5.91 Å². The van der Waals surface area contributed by atoms with Crippen LogP contribution in [0.15, 0.2) is 47.1 Å². The minimum Gasteiger partial charge on any atom is -0.489 e. The second-order valence-electron chi connectivity index (χ2n) is 6.45. The molecule has 0 spiro atoms. The molecule has 158 valence electrons. The first-order valence-electron chi connectivity index (χ1n) is 8.96. The van der Waals surface area contributed by atoms with E-state index in [0.29, 0.717) is 26.9 Å². The largest absolute Gasteiger partial charge is 0.489 e. The van der Waals surface area contributed by atoms with Crippen LogP contribution in [0.2, 0.25) is 10.0 Å². The number of aliphatic hydroxyl groups excluding tert-OH is 1. The van der Waals surface area contributed by atoms with Crippen molar-refractivity contribution >= 4 is 46.0 Å². The number of methoxy groups -OCH3 is 1. The zero-order valence-corrected chi connectivity index (χ0v) is 17.5. The molecule has 1 heterocycles. The second-order valence-corrected chi connectivity index (χ2v) is 7.29. The number of carbonyl (C=O) groups excluding carboxylic acids is 2. The molecule has 2 N–H and O–H groups in total. The van der Waals surface area contributed by atoms with E-state index in [0.717, 1.165) is 10.9 Å². The van der Waals surface area contributed by atoms with Crippen LogP contribution in [0.3, 0.4) is 0 Å². The van der Waals surface area contributed by atoms with Gasteiger partial charge in [0.25, 0.3) is 0 Å². The number of carbonyl (C=O) groups is 2. The van der Waals surface area contributed by atoms with Crippen LogP contribution in [0.4, 0.5) is 0 Å². The van der Waals surface area contributed by atoms with Gasteiger partial charge in [0.15, 0.2) is 6.04 Å². The molecular formula is C21H19Cl2NO6. The molecule has 0 fully saturated rings. The van der Waals surface area contributed by atoms with Crippen LogP contribution in [0.5, 0.6) is 5.75 Å². The predicted molar refractivity (Wildman–Crippen MR) is 112 cm³/mol. The van der Waals surface area contributed by atoms with E-state index in [4.69, 9.17) is 32.4 Å². The topological polar surface area (TPSA) is 98.0 Å². The first-order chi connectivity index (χ1) is 14.4. The fraction of sp³-hybridized carbons (Fsp3) is 0.238. The Hall–Kier alpha value is -2.74. The van der Waals surface area contributed by atoms with Crippen LogP contribution < -0.4 is 10.1 Å². The Morgan fingerprint density at radius 2 is 1.97 bits per heavy atom. The molecule has 0 radical (unpaired) electrons. The lowest BCUT2D eigenvalue weighted by atomic mass is 10.1. The molecule has 9 heteroatoms. The van der Waals surface area contributed by atoms with Gasteiger partial charge in [0, 0.05) is 32.6 Å². The maximum atomic E-state index is 12.2. The summed E-state index contributed by atoms with van der Waals surface area (Å²) in [5.41, 5.74) is 1.97. The molecule has 0 aliphatic rings. The smallest absolute Gasteiger partial charge is 0.330 e. The van der Waals surface area contributed by atoms with Crippen LogP contribution in [-0.2, 0) is 27.4 Å². The Kier molecular flexibility index (Phi) is 7.20. The summed E-state index contributed by atoms with van der Waals surface area (Å²) in [6.07, 6.45) is 1.44. The maximum absolute atomic E-state index is 12.2. The van der Waals surface area contributed by atoms with Gasteiger partial charge in [-0.2, -0.15) is 0 Å². The molecule has 0 saturated carbocycles. The number of fused-ring (bicyclic) bond motifs is 1. The highest BCUT2D eigenvalue weighted by Gasteiger charge is 2.21. The number of benzene rings is 2. The third-order valence-corrected chi connectivity index (χ3v) is 4.98. The molecular weight excluding hydrogens is 433 g/mol. The number of amides is 1. The summed E-state index contributed by atoms with van der Waals surface area (Å²) in [5.74, 6) is -0.588. The summed E-state index contributed by atoms with van der Waals surface area (Å²) in [5, 5.41) is 13.4. The summed E-state index contributed by atoms with van der Waals surface area (Å²) in [6, 6.07) is 9.32. The van der Waals surface area contributed by atoms with Gasteiger partial charge in [-0.1, -0.05) is 29.3 Å². The van der Waals surface area contributed by atoms with E-state index in [1.165, 1.54) is 13.4 Å². The van der Waals surface area contributed by atoms with Crippen LogP contribution in [0.25, 0.3) is 11.0 Å². The van der Waals surface area contributed by atoms with Crippen LogP contribution in [0, 0.1) is 0 Å². The number of hydrogen-bond acceptors (Lipinski definition) is 6. The van der Waals surface area contributed by atoms with Crippen molar-refractivity contribution in [3.8, 4) is 5.75 Å². The minimum absolute atomic E-state index is 0.0267. The molecule has 1 atom stereocenters. The highest BCUT2D eigenvalue weighted by atomic mass is 35.5. The van der Waals surface area contributed by atoms with Crippen molar-refractivity contribution in [2.45, 2.75) is 19.1 Å². The number of halogens is 2. The molecule has 0 unspecified atom stereocenters. The van der Waals surface area contributed by atoms with Crippen molar-refractivity contribution in [1.82, 2.24) is 5.32 Å². The standard InChI is InChI=1S/C21H19Cl2NO6/c1-28-21(27)18(9-25)24-20(26)6-13-11-30-19-8-15(4-5-16(13)19)29-10-12-2-3-14(22)7-17(12)23/h2-5,7-8,11,18,25H,6,9-10H2,1H3,(H,24,26)/t18-/m0/s1. The van der Waals surface area contributed by atoms with Gasteiger partial charge in [-0.05, 0) is 24.3 Å². The highest BCUT2D eigenvalue weighted by molar-refractivity contribution is 6.35. The minimum atomic E-state index is -1.11. The van der Waals surface area contributed by atoms with Crippen molar-refractivity contribution in [2.24, 2.45) is 0 Å². The Morgan fingerprint density at radius 3 is 2.67 bits per heavy atom.